The van der Waals surface area contributed by atoms with Gasteiger partial charge in [-0.15, -0.1) is 0 Å². The lowest BCUT2D eigenvalue weighted by Crippen LogP contribution is -2.28. The summed E-state index contributed by atoms with van der Waals surface area (Å²) < 4.78 is 16.3. The van der Waals surface area contributed by atoms with E-state index in [-0.39, 0.29) is 12.2 Å². The number of methoxy groups -OCH3 is 1. The Labute approximate surface area is 263 Å². The van der Waals surface area contributed by atoms with Crippen LogP contribution in [0, 0.1) is 0 Å². The van der Waals surface area contributed by atoms with E-state index in [0.29, 0.717) is 40.2 Å². The summed E-state index contributed by atoms with van der Waals surface area (Å²) >= 11 is 6.06. The van der Waals surface area contributed by atoms with Crippen LogP contribution >= 0.6 is 11.6 Å². The van der Waals surface area contributed by atoms with Crippen LogP contribution in [0.15, 0.2) is 83.5 Å². The molecule has 238 valence electrons. The number of nitrogens with one attached hydrogen (secondary N) is 2. The zero-order valence-electron chi connectivity index (χ0n) is 27.1. The monoisotopic (exact) mass is 616 g/mol. The zero-order chi connectivity index (χ0) is 32.6. The minimum absolute atomic E-state index is 0.0544. The molecular weight excluding hydrogens is 568 g/mol. The summed E-state index contributed by atoms with van der Waals surface area (Å²) in [5.41, 5.74) is 1.08. The first-order valence-electron chi connectivity index (χ1n) is 14.5. The quantitative estimate of drug-likeness (QED) is 0.182. The van der Waals surface area contributed by atoms with Crippen LogP contribution in [0.5, 0.6) is 11.5 Å². The van der Waals surface area contributed by atoms with E-state index in [2.05, 4.69) is 34.2 Å². The molecule has 0 saturated carbocycles. The summed E-state index contributed by atoms with van der Waals surface area (Å²) in [5, 5.41) is 6.07. The molecule has 2 aromatic rings. The van der Waals surface area contributed by atoms with Gasteiger partial charge >= 0.3 is 12.1 Å². The number of nitrogens with zero attached hydrogens (tertiary/aromatic N) is 2. The average Bonchev–Trinajstić information content (AvgIpc) is 2.98. The topological polar surface area (TPSA) is 102 Å². The predicted molar refractivity (Wildman–Crippen MR) is 176 cm³/mol. The van der Waals surface area contributed by atoms with Crippen molar-refractivity contribution in [3.63, 3.8) is 0 Å². The van der Waals surface area contributed by atoms with Crippen molar-refractivity contribution in [2.45, 2.75) is 73.8 Å². The maximum Gasteiger partial charge on any atom is 0.409 e. The Hall–Kier alpha value is -3.98. The van der Waals surface area contributed by atoms with Crippen molar-refractivity contribution in [3.05, 3.63) is 83.5 Å². The molecular formula is C33H49ClN4O5. The summed E-state index contributed by atoms with van der Waals surface area (Å²) in [6.45, 7) is 14.3. The number of halogens is 1. The smallest absolute Gasteiger partial charge is 0.409 e. The van der Waals surface area contributed by atoms with Gasteiger partial charge in [-0.2, -0.15) is 0 Å². The second-order valence-corrected chi connectivity index (χ2v) is 9.78. The van der Waals surface area contributed by atoms with Crippen molar-refractivity contribution in [3.8, 4) is 11.5 Å². The molecule has 2 N–H and O–H groups in total. The van der Waals surface area contributed by atoms with E-state index in [1.54, 1.807) is 81.0 Å². The average molecular weight is 617 g/mol. The Bertz CT molecular complexity index is 1150. The number of benzene rings is 1. The van der Waals surface area contributed by atoms with Gasteiger partial charge in [0.05, 0.1) is 19.0 Å². The minimum atomic E-state index is -0.428. The van der Waals surface area contributed by atoms with Gasteiger partial charge in [0.25, 0.3) is 0 Å². The maximum atomic E-state index is 12.6. The number of ether oxygens (including phenoxy) is 3. The highest BCUT2D eigenvalue weighted by atomic mass is 35.5. The second kappa shape index (κ2) is 23.6. The molecule has 1 heterocycles. The summed E-state index contributed by atoms with van der Waals surface area (Å²) in [6.07, 6.45) is 10.8. The van der Waals surface area contributed by atoms with Gasteiger partial charge in [0.1, 0.15) is 11.5 Å². The lowest BCUT2D eigenvalue weighted by atomic mass is 10.2. The van der Waals surface area contributed by atoms with E-state index in [1.807, 2.05) is 27.7 Å². The molecule has 0 saturated heterocycles. The van der Waals surface area contributed by atoms with Crippen molar-refractivity contribution in [1.82, 2.24) is 15.2 Å². The summed E-state index contributed by atoms with van der Waals surface area (Å²) in [6, 6.07) is 10.1. The van der Waals surface area contributed by atoms with E-state index in [0.717, 1.165) is 12.8 Å². The molecule has 2 rings (SSSR count). The first kappa shape index (κ1) is 39.0. The number of pyridine rings is 1. The van der Waals surface area contributed by atoms with Crippen LogP contribution < -0.4 is 15.4 Å². The molecule has 0 fully saturated rings. The van der Waals surface area contributed by atoms with E-state index >= 15 is 0 Å². The molecule has 0 aliphatic heterocycles. The van der Waals surface area contributed by atoms with Gasteiger partial charge in [-0.25, -0.2) is 9.59 Å². The first-order chi connectivity index (χ1) is 20.6. The molecule has 1 unspecified atom stereocenters. The number of hydrogen-bond acceptors (Lipinski definition) is 6. The van der Waals surface area contributed by atoms with Crippen LogP contribution in [0.25, 0.3) is 0 Å². The highest BCUT2D eigenvalue weighted by Gasteiger charge is 2.10. The number of hydrogen-bond donors (Lipinski definition) is 2. The number of amides is 3. The molecule has 0 spiro atoms. The van der Waals surface area contributed by atoms with E-state index in [4.69, 9.17) is 21.1 Å². The Morgan fingerprint density at radius 3 is 2.16 bits per heavy atom. The number of anilines is 1. The second-order valence-electron chi connectivity index (χ2n) is 9.19. The van der Waals surface area contributed by atoms with Crippen LogP contribution in [0.4, 0.5) is 15.3 Å². The van der Waals surface area contributed by atoms with Crippen LogP contribution in [0.1, 0.15) is 67.7 Å². The Balaban J connectivity index is 0.00000331. The number of aromatic nitrogens is 1. The molecule has 1 aromatic heterocycles. The first-order valence-corrected chi connectivity index (χ1v) is 14.9. The number of urea groups is 1. The van der Waals surface area contributed by atoms with E-state index in [9.17, 15) is 9.59 Å². The Kier molecular flexibility index (Phi) is 21.4. The van der Waals surface area contributed by atoms with Gasteiger partial charge in [-0.3, -0.25) is 4.98 Å². The third-order valence-corrected chi connectivity index (χ3v) is 5.19. The van der Waals surface area contributed by atoms with Crippen molar-refractivity contribution >= 4 is 29.4 Å². The highest BCUT2D eigenvalue weighted by Crippen LogP contribution is 2.22. The minimum Gasteiger partial charge on any atom is -0.495 e. The number of allylic oxidation sites excluding steroid dienone is 5. The van der Waals surface area contributed by atoms with Crippen molar-refractivity contribution in [2.75, 3.05) is 26.0 Å². The number of carbonyl (C=O) groups is 2. The normalized spacial score (nSPS) is 11.9. The molecule has 43 heavy (non-hydrogen) atoms. The molecule has 3 amide bonds. The van der Waals surface area contributed by atoms with Gasteiger partial charge in [0, 0.05) is 42.4 Å². The fraction of sp³-hybridized carbons (Fsp3) is 0.424. The van der Waals surface area contributed by atoms with Crippen molar-refractivity contribution in [1.29, 1.82) is 0 Å². The lowest BCUT2D eigenvalue weighted by Gasteiger charge is -2.18. The number of rotatable bonds is 12. The van der Waals surface area contributed by atoms with Crippen LogP contribution in [0.3, 0.4) is 0 Å². The van der Waals surface area contributed by atoms with Gasteiger partial charge < -0.3 is 29.7 Å². The van der Waals surface area contributed by atoms with Crippen molar-refractivity contribution in [2.24, 2.45) is 0 Å². The zero-order valence-corrected chi connectivity index (χ0v) is 27.8. The molecule has 10 heteroatoms. The lowest BCUT2D eigenvalue weighted by molar-refractivity contribution is 0.112. The fourth-order valence-electron chi connectivity index (χ4n) is 3.27. The molecule has 0 bridgehead atoms. The standard InChI is InChI=1S/C28H35ClN4O5.C3H8.C2H6/c1-20(29)19-24(9-8-22(3)37-21(2)7-6-18-33(4)28(35)36-5)32-27(34)31-23-10-12-25(13-11-23)38-26-14-16-30-17-15-26;1-3-2;1-2/h8-17,19,21H,6-7,18H2,1-5H3,(H2,31,32,34);3H2,1-2H3;1-2H3/b20-19+,22-8+,24-9+;;. The molecule has 0 aliphatic rings. The third-order valence-electron chi connectivity index (χ3n) is 5.09. The van der Waals surface area contributed by atoms with Crippen LogP contribution in [-0.2, 0) is 9.47 Å². The number of carbonyl (C=O) groups excluding carboxylic acids is 2. The maximum absolute atomic E-state index is 12.6. The predicted octanol–water partition coefficient (Wildman–Crippen LogP) is 9.25. The Morgan fingerprint density at radius 2 is 1.60 bits per heavy atom. The largest absolute Gasteiger partial charge is 0.495 e. The third kappa shape index (κ3) is 19.0. The molecule has 0 aliphatic carbocycles. The summed E-state index contributed by atoms with van der Waals surface area (Å²) in [7, 11) is 3.05. The van der Waals surface area contributed by atoms with Crippen molar-refractivity contribution < 1.29 is 23.8 Å². The van der Waals surface area contributed by atoms with E-state index in [1.165, 1.54) is 18.4 Å². The molecule has 0 radical (unpaired) electrons. The molecule has 1 atom stereocenters. The van der Waals surface area contributed by atoms with Crippen LogP contribution in [0.2, 0.25) is 0 Å². The SMILES string of the molecule is CC.CCC.COC(=O)N(C)CCCC(C)O/C(C)=C/C=C(\C=C(/C)Cl)NC(=O)Nc1ccc(Oc2ccncc2)cc1. The Morgan fingerprint density at radius 1 is 1.02 bits per heavy atom. The summed E-state index contributed by atoms with van der Waals surface area (Å²) in [4.78, 5) is 29.5. The van der Waals surface area contributed by atoms with Gasteiger partial charge in [-0.1, -0.05) is 45.7 Å². The van der Waals surface area contributed by atoms with Crippen LogP contribution in [-0.4, -0.2) is 48.8 Å². The van der Waals surface area contributed by atoms with E-state index < -0.39 is 6.03 Å². The van der Waals surface area contributed by atoms with Gasteiger partial charge in [-0.05, 0) is 88.2 Å². The highest BCUT2D eigenvalue weighted by molar-refractivity contribution is 6.29. The fourth-order valence-corrected chi connectivity index (χ4v) is 3.39. The molecule has 9 nitrogen and oxygen atoms in total. The molecule has 1 aromatic carbocycles. The summed E-state index contributed by atoms with van der Waals surface area (Å²) in [5.74, 6) is 1.97. The van der Waals surface area contributed by atoms with Gasteiger partial charge in [0.15, 0.2) is 0 Å². The van der Waals surface area contributed by atoms with Gasteiger partial charge in [0.2, 0.25) is 0 Å².